The fraction of sp³-hybridized carbons (Fsp3) is 0.385. The van der Waals surface area contributed by atoms with Gasteiger partial charge in [0.2, 0.25) is 17.7 Å². The molecule has 47 heavy (non-hydrogen) atoms. The molecule has 0 saturated heterocycles. The van der Waals surface area contributed by atoms with Crippen LogP contribution in [-0.2, 0) is 32.3 Å². The van der Waals surface area contributed by atoms with Gasteiger partial charge in [-0.25, -0.2) is 4.90 Å². The highest BCUT2D eigenvalue weighted by atomic mass is 16.5. The van der Waals surface area contributed by atoms with Gasteiger partial charge < -0.3 is 14.0 Å². The lowest BCUT2D eigenvalue weighted by Crippen LogP contribution is -2.39. The predicted octanol–water partition coefficient (Wildman–Crippen LogP) is 8.15. The quantitative estimate of drug-likeness (QED) is 0.115. The number of amides is 2. The molecule has 242 valence electrons. The van der Waals surface area contributed by atoms with Crippen LogP contribution in [0, 0.1) is 24.7 Å². The van der Waals surface area contributed by atoms with Gasteiger partial charge >= 0.3 is 5.97 Å². The van der Waals surface area contributed by atoms with Crippen LogP contribution in [0.15, 0.2) is 71.3 Å². The van der Waals surface area contributed by atoms with Crippen LogP contribution in [0.3, 0.4) is 0 Å². The normalized spacial score (nSPS) is 15.8. The number of aromatic nitrogens is 1. The first-order chi connectivity index (χ1) is 22.8. The summed E-state index contributed by atoms with van der Waals surface area (Å²) in [6.45, 7) is 6.89. The minimum Gasteiger partial charge on any atom is -0.489 e. The van der Waals surface area contributed by atoms with E-state index in [0.717, 1.165) is 77.7 Å². The fourth-order valence-electron chi connectivity index (χ4n) is 5.84. The summed E-state index contributed by atoms with van der Waals surface area (Å²) in [5.41, 5.74) is 6.61. The Morgan fingerprint density at radius 3 is 2.04 bits per heavy atom. The zero-order chi connectivity index (χ0) is 32.7. The second kappa shape index (κ2) is 12.8. The predicted molar refractivity (Wildman–Crippen MR) is 177 cm³/mol. The van der Waals surface area contributed by atoms with Crippen molar-refractivity contribution in [1.29, 1.82) is 0 Å². The number of imide groups is 1. The minimum absolute atomic E-state index is 0.0319. The van der Waals surface area contributed by atoms with Gasteiger partial charge in [-0.3, -0.25) is 14.4 Å². The molecule has 1 heterocycles. The average Bonchev–Trinajstić information content (AvgIpc) is 3.92. The van der Waals surface area contributed by atoms with Crippen molar-refractivity contribution in [1.82, 2.24) is 5.16 Å². The summed E-state index contributed by atoms with van der Waals surface area (Å²) >= 11 is 0. The first kappa shape index (κ1) is 30.9. The van der Waals surface area contributed by atoms with Gasteiger partial charge in [-0.1, -0.05) is 73.6 Å². The Morgan fingerprint density at radius 1 is 0.830 bits per heavy atom. The van der Waals surface area contributed by atoms with Crippen molar-refractivity contribution in [2.75, 3.05) is 4.90 Å². The van der Waals surface area contributed by atoms with Crippen molar-refractivity contribution < 1.29 is 28.4 Å². The summed E-state index contributed by atoms with van der Waals surface area (Å²) in [7, 11) is 0. The Labute approximate surface area is 275 Å². The minimum atomic E-state index is -0.223. The van der Waals surface area contributed by atoms with Gasteiger partial charge in [0, 0.05) is 17.4 Å². The van der Waals surface area contributed by atoms with Crippen LogP contribution in [0.1, 0.15) is 80.5 Å². The second-order valence-corrected chi connectivity index (χ2v) is 13.5. The van der Waals surface area contributed by atoms with E-state index in [9.17, 15) is 14.4 Å². The third kappa shape index (κ3) is 6.73. The van der Waals surface area contributed by atoms with Crippen molar-refractivity contribution in [3.63, 3.8) is 0 Å². The van der Waals surface area contributed by atoms with Gasteiger partial charge in [-0.2, -0.15) is 0 Å². The molecule has 3 saturated carbocycles. The third-order valence-corrected chi connectivity index (χ3v) is 9.18. The molecule has 4 aromatic rings. The van der Waals surface area contributed by atoms with Crippen LogP contribution in [0.25, 0.3) is 22.4 Å². The number of nitrogens with zero attached hydrogens (tertiary/aromatic N) is 2. The molecule has 7 rings (SSSR count). The number of carbonyl (C=O) groups excluding carboxylic acids is 3. The molecule has 1 aromatic heterocycles. The molecular weight excluding hydrogens is 592 g/mol. The van der Waals surface area contributed by atoms with E-state index in [1.807, 2.05) is 67.6 Å². The highest BCUT2D eigenvalue weighted by molar-refractivity contribution is 6.18. The zero-order valence-corrected chi connectivity index (χ0v) is 27.2. The zero-order valence-electron chi connectivity index (χ0n) is 27.2. The van der Waals surface area contributed by atoms with Crippen molar-refractivity contribution in [3.05, 3.63) is 89.0 Å². The Bertz CT molecular complexity index is 1770. The van der Waals surface area contributed by atoms with Crippen LogP contribution in [-0.4, -0.2) is 22.9 Å². The van der Waals surface area contributed by atoms with Crippen molar-refractivity contribution in [3.8, 4) is 28.1 Å². The molecule has 0 N–H and O–H groups in total. The van der Waals surface area contributed by atoms with E-state index in [2.05, 4.69) is 25.1 Å². The number of rotatable bonds is 12. The summed E-state index contributed by atoms with van der Waals surface area (Å²) in [4.78, 5) is 40.7. The lowest BCUT2D eigenvalue weighted by Gasteiger charge is -2.20. The average molecular weight is 633 g/mol. The van der Waals surface area contributed by atoms with Gasteiger partial charge in [0.15, 0.2) is 0 Å². The van der Waals surface area contributed by atoms with Crippen LogP contribution in [0.5, 0.6) is 5.75 Å². The summed E-state index contributed by atoms with van der Waals surface area (Å²) in [6.07, 6.45) is 4.84. The number of aryl methyl sites for hydroxylation is 1. The second-order valence-electron chi connectivity index (χ2n) is 13.5. The van der Waals surface area contributed by atoms with E-state index < -0.39 is 0 Å². The van der Waals surface area contributed by atoms with Gasteiger partial charge in [0.25, 0.3) is 0 Å². The van der Waals surface area contributed by atoms with Crippen LogP contribution >= 0.6 is 0 Å². The van der Waals surface area contributed by atoms with Crippen molar-refractivity contribution >= 4 is 23.7 Å². The van der Waals surface area contributed by atoms with E-state index in [1.165, 1.54) is 4.90 Å². The highest BCUT2D eigenvalue weighted by Gasteiger charge is 2.45. The maximum Gasteiger partial charge on any atom is 0.309 e. The Morgan fingerprint density at radius 2 is 1.45 bits per heavy atom. The molecule has 8 heteroatoms. The number of carbonyl (C=O) groups is 3. The van der Waals surface area contributed by atoms with Gasteiger partial charge in [-0.15, -0.1) is 0 Å². The summed E-state index contributed by atoms with van der Waals surface area (Å²) in [5.74, 6) is 0.180. The molecule has 3 aromatic carbocycles. The van der Waals surface area contributed by atoms with Gasteiger partial charge in [-0.05, 0) is 91.3 Å². The Hall–Kier alpha value is -4.72. The van der Waals surface area contributed by atoms with E-state index in [4.69, 9.17) is 14.0 Å². The van der Waals surface area contributed by atoms with E-state index in [1.54, 1.807) is 0 Å². The molecule has 0 unspecified atom stereocenters. The number of benzene rings is 3. The maximum atomic E-state index is 13.7. The molecule has 0 spiro atoms. The number of esters is 1. The van der Waals surface area contributed by atoms with E-state index in [-0.39, 0.29) is 53.9 Å². The maximum absolute atomic E-state index is 13.7. The van der Waals surface area contributed by atoms with Crippen LogP contribution in [0.4, 0.5) is 5.88 Å². The molecule has 3 aliphatic carbocycles. The van der Waals surface area contributed by atoms with E-state index in [0.29, 0.717) is 17.9 Å². The molecule has 3 fully saturated rings. The topological polar surface area (TPSA) is 98.9 Å². The van der Waals surface area contributed by atoms with Crippen molar-refractivity contribution in [2.45, 2.75) is 78.4 Å². The molecule has 0 radical (unpaired) electrons. The van der Waals surface area contributed by atoms with Crippen molar-refractivity contribution in [2.24, 2.45) is 17.8 Å². The lowest BCUT2D eigenvalue weighted by molar-refractivity contribution is -0.146. The van der Waals surface area contributed by atoms with Crippen LogP contribution in [0.2, 0.25) is 0 Å². The first-order valence-electron chi connectivity index (χ1n) is 16.7. The summed E-state index contributed by atoms with van der Waals surface area (Å²) in [5, 5.41) is 4.57. The fourth-order valence-corrected chi connectivity index (χ4v) is 5.84. The molecule has 8 nitrogen and oxygen atoms in total. The number of hydrogen-bond acceptors (Lipinski definition) is 7. The third-order valence-electron chi connectivity index (χ3n) is 9.18. The lowest BCUT2D eigenvalue weighted by atomic mass is 9.92. The van der Waals surface area contributed by atoms with Gasteiger partial charge in [0.05, 0.1) is 11.5 Å². The monoisotopic (exact) mass is 632 g/mol. The molecule has 3 aliphatic rings. The SMILES string of the molecule is Cc1cc(OCc2ccccc2)c(C(C)C)cc1-c1noc(N(C(=O)C2CC2)C(=O)C2CC2)c1-c1ccc(COC(=O)C2CC2)cc1. The first-order valence-corrected chi connectivity index (χ1v) is 16.7. The van der Waals surface area contributed by atoms with Gasteiger partial charge in [0.1, 0.15) is 24.7 Å². The smallest absolute Gasteiger partial charge is 0.309 e. The Balaban J connectivity index is 1.29. The van der Waals surface area contributed by atoms with Crippen LogP contribution < -0.4 is 9.64 Å². The molecule has 0 aliphatic heterocycles. The highest BCUT2D eigenvalue weighted by Crippen LogP contribution is 2.46. The number of hydrogen-bond donors (Lipinski definition) is 0. The number of anilines is 1. The molecular formula is C39H40N2O6. The standard InChI is InChI=1S/C39H40N2O6/c1-23(2)31-20-32(24(3)19-33(31)45-21-25-7-5-4-6-8-25)35-34(27-11-9-26(10-12-27)22-46-39(44)30-17-18-30)38(47-40-35)41(36(42)28-13-14-28)37(43)29-15-16-29/h4-12,19-20,23,28-30H,13-18,21-22H2,1-3H3. The Kier molecular flexibility index (Phi) is 8.43. The largest absolute Gasteiger partial charge is 0.489 e. The van der Waals surface area contributed by atoms with E-state index >= 15 is 0 Å². The number of ether oxygens (including phenoxy) is 2. The molecule has 2 amide bonds. The molecule has 0 bridgehead atoms. The summed E-state index contributed by atoms with van der Waals surface area (Å²) in [6, 6.07) is 21.8. The summed E-state index contributed by atoms with van der Waals surface area (Å²) < 4.78 is 17.9. The molecule has 0 atom stereocenters.